The first-order valence-electron chi connectivity index (χ1n) is 11.6. The second-order valence-corrected chi connectivity index (χ2v) is 9.08. The molecular weight excluding hydrogens is 442 g/mol. The van der Waals surface area contributed by atoms with Gasteiger partial charge in [-0.05, 0) is 45.0 Å². The van der Waals surface area contributed by atoms with Crippen molar-refractivity contribution in [1.29, 1.82) is 5.26 Å². The van der Waals surface area contributed by atoms with Gasteiger partial charge in [0, 0.05) is 54.7 Å². The molecular formula is C26H27N7O2. The largest absolute Gasteiger partial charge is 0.481 e. The number of benzene rings is 1. The fourth-order valence-corrected chi connectivity index (χ4v) is 4.85. The van der Waals surface area contributed by atoms with Crippen LogP contribution in [0.5, 0.6) is 5.88 Å². The minimum atomic E-state index is -0.315. The van der Waals surface area contributed by atoms with E-state index in [9.17, 15) is 10.1 Å². The Morgan fingerprint density at radius 1 is 1.17 bits per heavy atom. The number of ether oxygens (including phenoxy) is 1. The number of fused-ring (bicyclic) bond motifs is 2. The Labute approximate surface area is 203 Å². The lowest BCUT2D eigenvalue weighted by Crippen LogP contribution is -2.54. The Kier molecular flexibility index (Phi) is 5.75. The van der Waals surface area contributed by atoms with Crippen molar-refractivity contribution in [2.45, 2.75) is 32.9 Å². The van der Waals surface area contributed by atoms with Crippen molar-refractivity contribution in [1.82, 2.24) is 19.7 Å². The number of carbonyl (C=O) groups excluding carboxylic acids is 1. The van der Waals surface area contributed by atoms with Crippen LogP contribution < -0.4 is 20.3 Å². The van der Waals surface area contributed by atoms with E-state index in [1.165, 1.54) is 0 Å². The Bertz CT molecular complexity index is 1480. The Morgan fingerprint density at radius 2 is 1.94 bits per heavy atom. The molecule has 1 aliphatic rings. The van der Waals surface area contributed by atoms with Gasteiger partial charge in [-0.15, -0.1) is 0 Å². The number of amides is 1. The molecule has 2 unspecified atom stereocenters. The molecule has 4 aromatic rings. The molecule has 0 bridgehead atoms. The van der Waals surface area contributed by atoms with Crippen molar-refractivity contribution >= 4 is 33.8 Å². The predicted octanol–water partition coefficient (Wildman–Crippen LogP) is 3.51. The van der Waals surface area contributed by atoms with Gasteiger partial charge in [0.15, 0.2) is 5.65 Å². The van der Waals surface area contributed by atoms with Gasteiger partial charge in [-0.25, -0.2) is 9.97 Å². The number of anilines is 2. The topological polar surface area (TPSA) is 108 Å². The molecule has 35 heavy (non-hydrogen) atoms. The molecule has 1 fully saturated rings. The van der Waals surface area contributed by atoms with Gasteiger partial charge in [-0.3, -0.25) is 4.79 Å². The monoisotopic (exact) mass is 469 g/mol. The molecule has 9 heteroatoms. The SMILES string of the molecule is COc1ccc2c(N3CC(C)NC(C)C3)ccc(C(=O)Nc3cc(C#N)c4nc(C)cn4c3)c2n1. The average Bonchev–Trinajstić information content (AvgIpc) is 3.21. The fourth-order valence-electron chi connectivity index (χ4n) is 4.85. The maximum Gasteiger partial charge on any atom is 0.257 e. The number of nitriles is 1. The van der Waals surface area contributed by atoms with E-state index in [4.69, 9.17) is 4.74 Å². The summed E-state index contributed by atoms with van der Waals surface area (Å²) in [4.78, 5) is 24.8. The second kappa shape index (κ2) is 8.89. The van der Waals surface area contributed by atoms with Crippen LogP contribution in [0.1, 0.15) is 35.5 Å². The van der Waals surface area contributed by atoms with Gasteiger partial charge in [0.1, 0.15) is 6.07 Å². The summed E-state index contributed by atoms with van der Waals surface area (Å²) in [5.41, 5.74) is 4.27. The summed E-state index contributed by atoms with van der Waals surface area (Å²) in [5.74, 6) is 0.122. The Morgan fingerprint density at radius 3 is 2.66 bits per heavy atom. The minimum Gasteiger partial charge on any atom is -0.481 e. The quantitative estimate of drug-likeness (QED) is 0.471. The van der Waals surface area contributed by atoms with Crippen LogP contribution >= 0.6 is 0 Å². The van der Waals surface area contributed by atoms with Gasteiger partial charge in [0.05, 0.1) is 35.1 Å². The number of aryl methyl sites for hydroxylation is 1. The zero-order valence-electron chi connectivity index (χ0n) is 20.2. The van der Waals surface area contributed by atoms with Crippen LogP contribution in [0.15, 0.2) is 42.7 Å². The Balaban J connectivity index is 1.55. The van der Waals surface area contributed by atoms with Crippen LogP contribution in [-0.4, -0.2) is 52.6 Å². The molecule has 1 amide bonds. The molecule has 4 heterocycles. The van der Waals surface area contributed by atoms with E-state index in [1.807, 2.05) is 37.4 Å². The van der Waals surface area contributed by atoms with E-state index in [0.717, 1.165) is 29.9 Å². The van der Waals surface area contributed by atoms with Crippen LogP contribution in [0.2, 0.25) is 0 Å². The van der Waals surface area contributed by atoms with E-state index in [-0.39, 0.29) is 5.91 Å². The molecule has 5 rings (SSSR count). The van der Waals surface area contributed by atoms with Crippen LogP contribution in [-0.2, 0) is 0 Å². The second-order valence-electron chi connectivity index (χ2n) is 9.08. The molecule has 1 saturated heterocycles. The van der Waals surface area contributed by atoms with Crippen molar-refractivity contribution in [2.75, 3.05) is 30.4 Å². The molecule has 0 radical (unpaired) electrons. The van der Waals surface area contributed by atoms with E-state index in [1.54, 1.807) is 23.8 Å². The summed E-state index contributed by atoms with van der Waals surface area (Å²) in [6.07, 6.45) is 3.57. The van der Waals surface area contributed by atoms with Crippen LogP contribution in [0.25, 0.3) is 16.6 Å². The summed E-state index contributed by atoms with van der Waals surface area (Å²) in [6.45, 7) is 7.92. The third-order valence-electron chi connectivity index (χ3n) is 6.21. The van der Waals surface area contributed by atoms with Crippen molar-refractivity contribution in [3.8, 4) is 11.9 Å². The summed E-state index contributed by atoms with van der Waals surface area (Å²) in [5, 5.41) is 16.9. The van der Waals surface area contributed by atoms with E-state index < -0.39 is 0 Å². The van der Waals surface area contributed by atoms with Crippen molar-refractivity contribution in [3.63, 3.8) is 0 Å². The first kappa shape index (κ1) is 22.6. The number of imidazole rings is 1. The summed E-state index contributed by atoms with van der Waals surface area (Å²) >= 11 is 0. The molecule has 1 aromatic carbocycles. The molecule has 2 atom stereocenters. The normalized spacial score (nSPS) is 18.0. The predicted molar refractivity (Wildman–Crippen MR) is 135 cm³/mol. The number of methoxy groups -OCH3 is 1. The summed E-state index contributed by atoms with van der Waals surface area (Å²) in [6, 6.07) is 12.1. The zero-order chi connectivity index (χ0) is 24.7. The highest BCUT2D eigenvalue weighted by Gasteiger charge is 2.24. The summed E-state index contributed by atoms with van der Waals surface area (Å²) < 4.78 is 7.11. The molecule has 9 nitrogen and oxygen atoms in total. The number of nitrogens with one attached hydrogen (secondary N) is 2. The maximum atomic E-state index is 13.4. The molecule has 3 aromatic heterocycles. The first-order valence-corrected chi connectivity index (χ1v) is 11.6. The number of nitrogens with zero attached hydrogens (tertiary/aromatic N) is 5. The molecule has 0 spiro atoms. The fraction of sp³-hybridized carbons (Fsp3) is 0.308. The molecule has 2 N–H and O–H groups in total. The van der Waals surface area contributed by atoms with Crippen LogP contribution in [0, 0.1) is 18.3 Å². The highest BCUT2D eigenvalue weighted by Crippen LogP contribution is 2.32. The van der Waals surface area contributed by atoms with E-state index >= 15 is 0 Å². The lowest BCUT2D eigenvalue weighted by Gasteiger charge is -2.38. The first-order chi connectivity index (χ1) is 16.9. The van der Waals surface area contributed by atoms with Crippen LogP contribution in [0.4, 0.5) is 11.4 Å². The highest BCUT2D eigenvalue weighted by molar-refractivity contribution is 6.14. The minimum absolute atomic E-state index is 0.315. The smallest absolute Gasteiger partial charge is 0.257 e. The number of aromatic nitrogens is 3. The van der Waals surface area contributed by atoms with Crippen LogP contribution in [0.3, 0.4) is 0 Å². The lowest BCUT2D eigenvalue weighted by atomic mass is 10.0. The highest BCUT2D eigenvalue weighted by atomic mass is 16.5. The van der Waals surface area contributed by atoms with Crippen molar-refractivity contribution < 1.29 is 9.53 Å². The third-order valence-corrected chi connectivity index (χ3v) is 6.21. The van der Waals surface area contributed by atoms with Gasteiger partial charge in [-0.2, -0.15) is 5.26 Å². The molecule has 0 saturated carbocycles. The van der Waals surface area contributed by atoms with Gasteiger partial charge >= 0.3 is 0 Å². The van der Waals surface area contributed by atoms with E-state index in [2.05, 4.69) is 45.4 Å². The zero-order valence-corrected chi connectivity index (χ0v) is 20.2. The molecule has 1 aliphatic heterocycles. The number of pyridine rings is 2. The third kappa shape index (κ3) is 4.24. The Hall–Kier alpha value is -4.16. The average molecular weight is 470 g/mol. The number of hydrogen-bond acceptors (Lipinski definition) is 7. The van der Waals surface area contributed by atoms with Gasteiger partial charge in [0.25, 0.3) is 5.91 Å². The van der Waals surface area contributed by atoms with Crippen molar-refractivity contribution in [3.05, 3.63) is 59.5 Å². The lowest BCUT2D eigenvalue weighted by molar-refractivity contribution is 0.102. The maximum absolute atomic E-state index is 13.4. The van der Waals surface area contributed by atoms with Gasteiger partial charge in [-0.1, -0.05) is 0 Å². The number of piperazine rings is 1. The van der Waals surface area contributed by atoms with Gasteiger partial charge in [0.2, 0.25) is 5.88 Å². The number of rotatable bonds is 4. The standard InChI is InChI=1S/C26H27N7O2/c1-15-11-32(12-16(2)28-15)22-7-5-21(24-20(22)6-8-23(31-24)35-4)26(34)30-19-9-18(10-27)25-29-17(3)13-33(25)14-19/h5-9,13-16,28H,11-12H2,1-4H3,(H,30,34). The summed E-state index contributed by atoms with van der Waals surface area (Å²) in [7, 11) is 1.56. The van der Waals surface area contributed by atoms with E-state index in [0.29, 0.717) is 45.9 Å². The number of carbonyl (C=O) groups is 1. The van der Waals surface area contributed by atoms with Gasteiger partial charge < -0.3 is 24.7 Å². The van der Waals surface area contributed by atoms with Crippen molar-refractivity contribution in [2.24, 2.45) is 0 Å². The molecule has 0 aliphatic carbocycles. The molecule has 178 valence electrons. The number of hydrogen-bond donors (Lipinski definition) is 2.